The lowest BCUT2D eigenvalue weighted by atomic mass is 9.88. The summed E-state index contributed by atoms with van der Waals surface area (Å²) < 4.78 is 32.9. The summed E-state index contributed by atoms with van der Waals surface area (Å²) in [7, 11) is 0. The largest absolute Gasteiger partial charge is 0.449 e. The third kappa shape index (κ3) is 3.71. The van der Waals surface area contributed by atoms with Crippen molar-refractivity contribution in [3.63, 3.8) is 0 Å². The Kier molecular flexibility index (Phi) is 5.91. The Bertz CT molecular complexity index is 816. The topological polar surface area (TPSA) is 64.3 Å². The molecule has 0 aromatic heterocycles. The monoisotopic (exact) mass is 408 g/mol. The Balaban J connectivity index is 0.00000225. The van der Waals surface area contributed by atoms with E-state index < -0.39 is 24.1 Å². The molecule has 1 fully saturated rings. The van der Waals surface area contributed by atoms with Gasteiger partial charge >= 0.3 is 6.09 Å². The lowest BCUT2D eigenvalue weighted by Gasteiger charge is -2.35. The zero-order chi connectivity index (χ0) is 19.0. The molecule has 0 heterocycles. The highest BCUT2D eigenvalue weighted by Crippen LogP contribution is 2.44. The van der Waals surface area contributed by atoms with E-state index in [9.17, 15) is 13.6 Å². The van der Waals surface area contributed by atoms with Crippen LogP contribution in [0.2, 0.25) is 0 Å². The average Bonchev–Trinajstić information content (AvgIpc) is 2.98. The maximum absolute atomic E-state index is 13.7. The summed E-state index contributed by atoms with van der Waals surface area (Å²) in [6, 6.07) is 13.9. The summed E-state index contributed by atoms with van der Waals surface area (Å²) in [6.07, 6.45) is -0.178. The summed E-state index contributed by atoms with van der Waals surface area (Å²) in [5.41, 5.74) is 10.1. The number of ether oxygens (including phenoxy) is 1. The number of nitrogens with one attached hydrogen (secondary N) is 1. The van der Waals surface area contributed by atoms with Crippen LogP contribution in [-0.2, 0) is 4.74 Å². The fraction of sp³-hybridized carbons (Fsp3) is 0.381. The highest BCUT2D eigenvalue weighted by atomic mass is 35.5. The van der Waals surface area contributed by atoms with Crippen LogP contribution < -0.4 is 11.1 Å². The van der Waals surface area contributed by atoms with Crippen molar-refractivity contribution in [3.8, 4) is 11.1 Å². The minimum atomic E-state index is -2.96. The minimum Gasteiger partial charge on any atom is -0.449 e. The Hall–Kier alpha value is -2.18. The molecule has 150 valence electrons. The van der Waals surface area contributed by atoms with Gasteiger partial charge in [-0.05, 0) is 35.1 Å². The fourth-order valence-electron chi connectivity index (χ4n) is 4.15. The van der Waals surface area contributed by atoms with Gasteiger partial charge < -0.3 is 15.8 Å². The highest BCUT2D eigenvalue weighted by molar-refractivity contribution is 5.85. The number of hydrogen-bond donors (Lipinski definition) is 2. The maximum Gasteiger partial charge on any atom is 0.407 e. The number of amides is 1. The molecule has 2 aliphatic rings. The molecule has 0 unspecified atom stereocenters. The Labute approximate surface area is 168 Å². The Morgan fingerprint density at radius 2 is 1.68 bits per heavy atom. The summed E-state index contributed by atoms with van der Waals surface area (Å²) in [5, 5.41) is 2.53. The number of alkyl halides is 2. The van der Waals surface area contributed by atoms with Gasteiger partial charge in [-0.25, -0.2) is 13.6 Å². The smallest absolute Gasteiger partial charge is 0.407 e. The van der Waals surface area contributed by atoms with Gasteiger partial charge in [0.2, 0.25) is 0 Å². The van der Waals surface area contributed by atoms with Gasteiger partial charge in [0.1, 0.15) is 6.61 Å². The molecule has 2 aliphatic carbocycles. The van der Waals surface area contributed by atoms with Crippen LogP contribution in [0, 0.1) is 0 Å². The number of halogens is 3. The molecule has 2 atom stereocenters. The fourth-order valence-corrected chi connectivity index (χ4v) is 4.15. The van der Waals surface area contributed by atoms with Crippen molar-refractivity contribution in [1.82, 2.24) is 5.32 Å². The van der Waals surface area contributed by atoms with Crippen molar-refractivity contribution in [2.75, 3.05) is 6.61 Å². The number of carbonyl (C=O) groups excluding carboxylic acids is 1. The Morgan fingerprint density at radius 1 is 1.11 bits per heavy atom. The van der Waals surface area contributed by atoms with Gasteiger partial charge in [-0.3, -0.25) is 0 Å². The van der Waals surface area contributed by atoms with E-state index in [1.165, 1.54) is 0 Å². The number of rotatable bonds is 3. The van der Waals surface area contributed by atoms with Crippen molar-refractivity contribution >= 4 is 18.5 Å². The van der Waals surface area contributed by atoms with Crippen LogP contribution in [0.3, 0.4) is 0 Å². The predicted octanol–water partition coefficient (Wildman–Crippen LogP) is 4.46. The molecule has 2 aromatic carbocycles. The van der Waals surface area contributed by atoms with E-state index >= 15 is 0 Å². The first-order chi connectivity index (χ1) is 13.0. The summed E-state index contributed by atoms with van der Waals surface area (Å²) in [5.74, 6) is -3.02. The van der Waals surface area contributed by atoms with Crippen LogP contribution >= 0.6 is 12.4 Å². The third-order valence-electron chi connectivity index (χ3n) is 5.59. The number of nitrogens with two attached hydrogens (primary N) is 1. The van der Waals surface area contributed by atoms with Crippen LogP contribution in [-0.4, -0.2) is 30.7 Å². The summed E-state index contributed by atoms with van der Waals surface area (Å²) >= 11 is 0. The molecule has 0 saturated heterocycles. The molecule has 4 rings (SSSR count). The van der Waals surface area contributed by atoms with Gasteiger partial charge in [-0.2, -0.15) is 0 Å². The van der Waals surface area contributed by atoms with Crippen molar-refractivity contribution < 1.29 is 18.3 Å². The lowest BCUT2D eigenvalue weighted by molar-refractivity contribution is -0.0620. The summed E-state index contributed by atoms with van der Waals surface area (Å²) in [4.78, 5) is 12.2. The van der Waals surface area contributed by atoms with Gasteiger partial charge in [-0.1, -0.05) is 48.5 Å². The molecular weight excluding hydrogens is 386 g/mol. The molecule has 0 bridgehead atoms. The van der Waals surface area contributed by atoms with Crippen LogP contribution in [0.15, 0.2) is 48.5 Å². The molecule has 0 radical (unpaired) electrons. The molecule has 1 amide bonds. The van der Waals surface area contributed by atoms with Crippen LogP contribution in [0.25, 0.3) is 11.1 Å². The first-order valence-corrected chi connectivity index (χ1v) is 9.22. The summed E-state index contributed by atoms with van der Waals surface area (Å²) in [6.45, 7) is 0.151. The van der Waals surface area contributed by atoms with Gasteiger partial charge in [0.15, 0.2) is 0 Å². The highest BCUT2D eigenvalue weighted by Gasteiger charge is 2.45. The minimum absolute atomic E-state index is 0. The second-order valence-corrected chi connectivity index (χ2v) is 7.26. The van der Waals surface area contributed by atoms with Gasteiger partial charge in [0.25, 0.3) is 5.92 Å². The van der Waals surface area contributed by atoms with E-state index in [2.05, 4.69) is 17.4 Å². The van der Waals surface area contributed by atoms with Crippen molar-refractivity contribution in [2.45, 2.75) is 43.2 Å². The molecular formula is C21H23ClF2N2O2. The van der Waals surface area contributed by atoms with Gasteiger partial charge in [-0.15, -0.1) is 12.4 Å². The second kappa shape index (κ2) is 8.05. The van der Waals surface area contributed by atoms with Gasteiger partial charge in [0, 0.05) is 12.3 Å². The lowest BCUT2D eigenvalue weighted by Crippen LogP contribution is -2.58. The molecule has 2 aromatic rings. The average molecular weight is 409 g/mol. The van der Waals surface area contributed by atoms with Crippen molar-refractivity contribution in [3.05, 3.63) is 59.7 Å². The SMILES string of the molecule is Cl.N[C@@H]1[C@@H](NC(=O)OCC2c3ccccc3-c3ccccc32)CCCC1(F)F. The molecule has 0 spiro atoms. The van der Waals surface area contributed by atoms with E-state index in [4.69, 9.17) is 10.5 Å². The zero-order valence-electron chi connectivity index (χ0n) is 15.2. The zero-order valence-corrected chi connectivity index (χ0v) is 16.1. The predicted molar refractivity (Wildman–Crippen MR) is 106 cm³/mol. The van der Waals surface area contributed by atoms with Crippen molar-refractivity contribution in [1.29, 1.82) is 0 Å². The molecule has 3 N–H and O–H groups in total. The number of hydrogen-bond acceptors (Lipinski definition) is 3. The van der Waals surface area contributed by atoms with Crippen LogP contribution in [0.1, 0.15) is 36.3 Å². The quantitative estimate of drug-likeness (QED) is 0.788. The number of fused-ring (bicyclic) bond motifs is 3. The normalized spacial score (nSPS) is 22.5. The van der Waals surface area contributed by atoms with Crippen LogP contribution in [0.5, 0.6) is 0 Å². The number of alkyl carbamates (subject to hydrolysis) is 1. The molecule has 7 heteroatoms. The molecule has 1 saturated carbocycles. The number of benzene rings is 2. The van der Waals surface area contributed by atoms with Gasteiger partial charge in [0.05, 0.1) is 12.1 Å². The van der Waals surface area contributed by atoms with Crippen LogP contribution in [0.4, 0.5) is 13.6 Å². The van der Waals surface area contributed by atoms with E-state index in [-0.39, 0.29) is 31.4 Å². The third-order valence-corrected chi connectivity index (χ3v) is 5.59. The number of carbonyl (C=O) groups is 1. The standard InChI is InChI=1S/C21H22F2N2O2.ClH/c22-21(23)11-5-10-18(19(21)24)25-20(26)27-12-17-15-8-3-1-6-13(15)14-7-2-4-9-16(14)17;/h1-4,6-9,17-19H,5,10-12,24H2,(H,25,26);1H/t18-,19+;/m0./s1. The maximum atomic E-state index is 13.7. The van der Waals surface area contributed by atoms with E-state index in [1.807, 2.05) is 36.4 Å². The Morgan fingerprint density at radius 3 is 2.29 bits per heavy atom. The first-order valence-electron chi connectivity index (χ1n) is 9.22. The van der Waals surface area contributed by atoms with E-state index in [1.54, 1.807) is 0 Å². The second-order valence-electron chi connectivity index (χ2n) is 7.26. The van der Waals surface area contributed by atoms with E-state index in [0.29, 0.717) is 12.8 Å². The first kappa shape index (κ1) is 20.6. The molecule has 4 nitrogen and oxygen atoms in total. The molecule has 28 heavy (non-hydrogen) atoms. The van der Waals surface area contributed by atoms with E-state index in [0.717, 1.165) is 22.3 Å². The van der Waals surface area contributed by atoms with Crippen molar-refractivity contribution in [2.24, 2.45) is 5.73 Å². The molecule has 0 aliphatic heterocycles.